The van der Waals surface area contributed by atoms with Gasteiger partial charge in [0.2, 0.25) is 5.91 Å². The molecule has 6 fully saturated rings. The third-order valence-corrected chi connectivity index (χ3v) is 16.5. The van der Waals surface area contributed by atoms with Crippen molar-refractivity contribution in [2.24, 2.45) is 56.5 Å². The molecule has 6 rings (SSSR count). The van der Waals surface area contributed by atoms with E-state index < -0.39 is 23.8 Å². The first-order valence-corrected chi connectivity index (χ1v) is 19.6. The van der Waals surface area contributed by atoms with Crippen LogP contribution in [0.5, 0.6) is 0 Å². The summed E-state index contributed by atoms with van der Waals surface area (Å²) >= 11 is 0. The number of nitrogens with zero attached hydrogens (tertiary/aromatic N) is 1. The number of fused-ring (bicyclic) bond motifs is 2. The fraction of sp³-hybridized carbons (Fsp3) is 0.950. The van der Waals surface area contributed by atoms with E-state index >= 15 is 0 Å². The van der Waals surface area contributed by atoms with Gasteiger partial charge in [-0.15, -0.1) is 0 Å². The number of nitrogens with two attached hydrogens (primary N) is 1. The van der Waals surface area contributed by atoms with E-state index in [9.17, 15) is 19.8 Å². The molecule has 4 N–H and O–H groups in total. The first-order chi connectivity index (χ1) is 23.2. The van der Waals surface area contributed by atoms with Crippen LogP contribution in [0.2, 0.25) is 0 Å². The average Bonchev–Trinajstić information content (AvgIpc) is 3.65. The zero-order chi connectivity index (χ0) is 36.8. The first kappa shape index (κ1) is 38.4. The van der Waals surface area contributed by atoms with E-state index in [0.717, 1.165) is 38.5 Å². The zero-order valence-electron chi connectivity index (χ0n) is 32.6. The number of primary amides is 1. The number of esters is 1. The van der Waals surface area contributed by atoms with Crippen molar-refractivity contribution in [3.8, 4) is 0 Å². The van der Waals surface area contributed by atoms with Gasteiger partial charge >= 0.3 is 5.97 Å². The Morgan fingerprint density at radius 1 is 1.04 bits per heavy atom. The van der Waals surface area contributed by atoms with Gasteiger partial charge in [0.15, 0.2) is 12.4 Å². The Morgan fingerprint density at radius 2 is 1.70 bits per heavy atom. The number of morpholine rings is 1. The van der Waals surface area contributed by atoms with E-state index in [0.29, 0.717) is 38.0 Å². The van der Waals surface area contributed by atoms with Gasteiger partial charge in [0.25, 0.3) is 0 Å². The maximum atomic E-state index is 12.2. The summed E-state index contributed by atoms with van der Waals surface area (Å²) in [5.74, 6) is 0.775. The molecule has 10 nitrogen and oxygen atoms in total. The van der Waals surface area contributed by atoms with Crippen LogP contribution in [0.15, 0.2) is 0 Å². The Morgan fingerprint density at radius 3 is 2.32 bits per heavy atom. The van der Waals surface area contributed by atoms with E-state index in [-0.39, 0.29) is 69.4 Å². The SMILES string of the molecule is COC(C[C@@H](C)[C@H]1C[C@H](O)[C@@]2(C)C3CC[C@H]4C(C)(C)C(O[C@H]5CN(C(C)C(N)=O)CCO5)CCC45CC35CCC12C)[C@H](OC(C)=O)C(C)(C)O. The number of amides is 1. The fourth-order valence-electron chi connectivity index (χ4n) is 13.7. The number of aliphatic hydroxyl groups excluding tert-OH is 1. The number of hydrogen-bond donors (Lipinski definition) is 3. The Bertz CT molecular complexity index is 1300. The van der Waals surface area contributed by atoms with Gasteiger partial charge in [-0.05, 0) is 124 Å². The predicted octanol–water partition coefficient (Wildman–Crippen LogP) is 5.06. The van der Waals surface area contributed by atoms with Crippen LogP contribution < -0.4 is 5.73 Å². The van der Waals surface area contributed by atoms with Crippen LogP contribution in [0.4, 0.5) is 0 Å². The maximum absolute atomic E-state index is 12.2. The average molecular weight is 705 g/mol. The fourth-order valence-corrected chi connectivity index (χ4v) is 13.7. The maximum Gasteiger partial charge on any atom is 0.303 e. The van der Waals surface area contributed by atoms with E-state index in [1.807, 2.05) is 6.92 Å². The molecule has 2 spiro atoms. The van der Waals surface area contributed by atoms with Crippen LogP contribution in [0.1, 0.15) is 120 Å². The molecule has 1 amide bonds. The highest BCUT2D eigenvalue weighted by atomic mass is 16.7. The molecule has 0 aromatic carbocycles. The Kier molecular flexibility index (Phi) is 9.94. The lowest BCUT2D eigenvalue weighted by molar-refractivity contribution is -0.250. The second-order valence-corrected chi connectivity index (χ2v) is 19.3. The van der Waals surface area contributed by atoms with Crippen molar-refractivity contribution in [1.29, 1.82) is 0 Å². The highest BCUT2D eigenvalue weighted by Gasteiger charge is 2.83. The molecular weight excluding hydrogens is 636 g/mol. The molecule has 0 radical (unpaired) electrons. The largest absolute Gasteiger partial charge is 0.457 e. The molecule has 6 aliphatic rings. The lowest BCUT2D eigenvalue weighted by atomic mass is 9.41. The molecule has 5 saturated carbocycles. The standard InChI is InChI=1S/C40H68N2O8/c1-23(19-27(47-10)33(36(6,7)46)49-25(3)43)26-20-30(44)38(9)29-12-11-28-35(4,5)31(50-32-21-42(17-18-48-32)24(2)34(41)45)13-14-39(28)22-40(29,39)16-15-37(26,38)8/h23-24,26-33,44,46H,11-22H2,1-10H3,(H2,41,45)/t23-,24?,26-,27?,28+,29?,30+,31?,32+,33+,37?,38-,39?,40?/m1/s1. The van der Waals surface area contributed by atoms with Crippen LogP contribution in [0, 0.1) is 50.7 Å². The topological polar surface area (TPSA) is 141 Å². The van der Waals surface area contributed by atoms with Gasteiger partial charge in [-0.25, -0.2) is 0 Å². The van der Waals surface area contributed by atoms with Gasteiger partial charge in [-0.1, -0.05) is 34.6 Å². The van der Waals surface area contributed by atoms with Crippen molar-refractivity contribution in [3.63, 3.8) is 0 Å². The lowest BCUT2D eigenvalue weighted by Gasteiger charge is -2.64. The monoisotopic (exact) mass is 704 g/mol. The molecule has 1 aliphatic heterocycles. The number of carbonyl (C=O) groups excluding carboxylic acids is 2. The number of methoxy groups -OCH3 is 1. The molecule has 1 saturated heterocycles. The third kappa shape index (κ3) is 5.71. The highest BCUT2D eigenvalue weighted by Crippen LogP contribution is 2.89. The summed E-state index contributed by atoms with van der Waals surface area (Å²) in [7, 11) is 1.63. The molecule has 50 heavy (non-hydrogen) atoms. The highest BCUT2D eigenvalue weighted by molar-refractivity contribution is 5.79. The predicted molar refractivity (Wildman–Crippen MR) is 190 cm³/mol. The minimum atomic E-state index is -1.25. The van der Waals surface area contributed by atoms with Crippen molar-refractivity contribution in [1.82, 2.24) is 4.90 Å². The number of aliphatic hydroxyl groups is 2. The lowest BCUT2D eigenvalue weighted by Crippen LogP contribution is -2.60. The van der Waals surface area contributed by atoms with Crippen molar-refractivity contribution in [2.45, 2.75) is 162 Å². The van der Waals surface area contributed by atoms with Gasteiger partial charge in [-0.3, -0.25) is 14.5 Å². The molecule has 10 heteroatoms. The second kappa shape index (κ2) is 12.9. The minimum absolute atomic E-state index is 0.0191. The molecule has 0 aromatic rings. The third-order valence-electron chi connectivity index (χ3n) is 16.5. The van der Waals surface area contributed by atoms with Gasteiger partial charge in [0, 0.05) is 26.0 Å². The number of carbonyl (C=O) groups is 2. The van der Waals surface area contributed by atoms with Crippen LogP contribution in [-0.4, -0.2) is 96.1 Å². The van der Waals surface area contributed by atoms with E-state index in [2.05, 4.69) is 39.5 Å². The Balaban J connectivity index is 1.18. The molecule has 7 unspecified atom stereocenters. The summed E-state index contributed by atoms with van der Waals surface area (Å²) in [5.41, 5.74) is 4.67. The smallest absolute Gasteiger partial charge is 0.303 e. The van der Waals surface area contributed by atoms with Crippen LogP contribution in [0.25, 0.3) is 0 Å². The normalized spacial score (nSPS) is 44.8. The molecule has 0 aromatic heterocycles. The number of rotatable bonds is 11. The van der Waals surface area contributed by atoms with Crippen LogP contribution in [-0.2, 0) is 28.5 Å². The van der Waals surface area contributed by atoms with Crippen molar-refractivity contribution in [2.75, 3.05) is 26.8 Å². The van der Waals surface area contributed by atoms with E-state index in [4.69, 9.17) is 24.7 Å². The van der Waals surface area contributed by atoms with Crippen LogP contribution in [0.3, 0.4) is 0 Å². The molecule has 0 bridgehead atoms. The number of ether oxygens (including phenoxy) is 4. The quantitative estimate of drug-likeness (QED) is 0.252. The van der Waals surface area contributed by atoms with Gasteiger partial charge < -0.3 is 34.9 Å². The van der Waals surface area contributed by atoms with E-state index in [1.54, 1.807) is 21.0 Å². The molecule has 1 heterocycles. The Labute approximate surface area is 300 Å². The summed E-state index contributed by atoms with van der Waals surface area (Å²) in [5, 5.41) is 23.1. The summed E-state index contributed by atoms with van der Waals surface area (Å²) in [6.07, 6.45) is 7.52. The van der Waals surface area contributed by atoms with Crippen molar-refractivity contribution in [3.05, 3.63) is 0 Å². The van der Waals surface area contributed by atoms with Crippen molar-refractivity contribution < 1.29 is 38.7 Å². The summed E-state index contributed by atoms with van der Waals surface area (Å²) in [4.78, 5) is 26.0. The molecular formula is C40H68N2O8. The summed E-state index contributed by atoms with van der Waals surface area (Å²) in [6.45, 7) is 20.3. The summed E-state index contributed by atoms with van der Waals surface area (Å²) in [6, 6.07) is -0.340. The van der Waals surface area contributed by atoms with Crippen molar-refractivity contribution >= 4 is 11.9 Å². The van der Waals surface area contributed by atoms with E-state index in [1.165, 1.54) is 19.8 Å². The first-order valence-electron chi connectivity index (χ1n) is 19.6. The van der Waals surface area contributed by atoms with Gasteiger partial charge in [-0.2, -0.15) is 0 Å². The molecule has 286 valence electrons. The molecule has 5 aliphatic carbocycles. The van der Waals surface area contributed by atoms with Gasteiger partial charge in [0.05, 0.1) is 43.1 Å². The second-order valence-electron chi connectivity index (χ2n) is 19.3. The summed E-state index contributed by atoms with van der Waals surface area (Å²) < 4.78 is 24.5. The van der Waals surface area contributed by atoms with Gasteiger partial charge in [0.1, 0.15) is 0 Å². The zero-order valence-corrected chi connectivity index (χ0v) is 32.6. The minimum Gasteiger partial charge on any atom is -0.457 e. The van der Waals surface area contributed by atoms with Crippen LogP contribution >= 0.6 is 0 Å². The Hall–Kier alpha value is -1.30. The molecule has 14 atom stereocenters. The number of hydrogen-bond acceptors (Lipinski definition) is 9.